The van der Waals surface area contributed by atoms with Crippen LogP contribution >= 0.6 is 11.3 Å². The zero-order valence-corrected chi connectivity index (χ0v) is 15.6. The summed E-state index contributed by atoms with van der Waals surface area (Å²) >= 11 is 1.50. The van der Waals surface area contributed by atoms with Crippen LogP contribution in [0.15, 0.2) is 17.5 Å². The number of piperidine rings is 1. The molecule has 1 aliphatic carbocycles. The molecule has 25 heavy (non-hydrogen) atoms. The summed E-state index contributed by atoms with van der Waals surface area (Å²) < 4.78 is 6.21. The Labute approximate surface area is 152 Å². The van der Waals surface area contributed by atoms with Gasteiger partial charge in [-0.05, 0) is 50.0 Å². The molecule has 3 heterocycles. The van der Waals surface area contributed by atoms with Crippen molar-refractivity contribution >= 4 is 23.2 Å². The van der Waals surface area contributed by atoms with E-state index < -0.39 is 0 Å². The molecular weight excluding hydrogens is 336 g/mol. The lowest BCUT2D eigenvalue weighted by atomic mass is 9.81. The second-order valence-electron chi connectivity index (χ2n) is 7.61. The van der Waals surface area contributed by atoms with Gasteiger partial charge in [0.1, 0.15) is 0 Å². The van der Waals surface area contributed by atoms with E-state index in [1.54, 1.807) is 6.92 Å². The maximum Gasteiger partial charge on any atom is 0.263 e. The highest BCUT2D eigenvalue weighted by Gasteiger charge is 2.45. The monoisotopic (exact) mass is 362 g/mol. The largest absolute Gasteiger partial charge is 0.375 e. The summed E-state index contributed by atoms with van der Waals surface area (Å²) in [6.45, 7) is 3.91. The first-order chi connectivity index (χ1) is 12.1. The number of carbonyl (C=O) groups is 2. The lowest BCUT2D eigenvalue weighted by molar-refractivity contribution is -0.148. The molecule has 5 nitrogen and oxygen atoms in total. The van der Waals surface area contributed by atoms with E-state index in [2.05, 4.69) is 4.90 Å². The van der Waals surface area contributed by atoms with Gasteiger partial charge in [-0.1, -0.05) is 6.07 Å². The molecule has 1 atom stereocenters. The van der Waals surface area contributed by atoms with Crippen molar-refractivity contribution in [3.63, 3.8) is 0 Å². The quantitative estimate of drug-likeness (QED) is 0.831. The van der Waals surface area contributed by atoms with Gasteiger partial charge in [-0.25, -0.2) is 0 Å². The molecule has 2 amide bonds. The minimum atomic E-state index is -0.155. The molecule has 3 aliphatic rings. The number of hydrogen-bond donors (Lipinski definition) is 0. The van der Waals surface area contributed by atoms with Gasteiger partial charge in [0.15, 0.2) is 0 Å². The van der Waals surface area contributed by atoms with Gasteiger partial charge in [0.2, 0.25) is 5.91 Å². The lowest BCUT2D eigenvalue weighted by Gasteiger charge is -2.48. The number of hydrogen-bond acceptors (Lipinski definition) is 4. The molecule has 136 valence electrons. The van der Waals surface area contributed by atoms with E-state index in [1.165, 1.54) is 11.3 Å². The summed E-state index contributed by atoms with van der Waals surface area (Å²) in [6, 6.07) is 4.58. The van der Waals surface area contributed by atoms with Crippen LogP contribution in [0.2, 0.25) is 0 Å². The first-order valence-corrected chi connectivity index (χ1v) is 10.2. The van der Waals surface area contributed by atoms with E-state index >= 15 is 0 Å². The van der Waals surface area contributed by atoms with E-state index in [1.807, 2.05) is 22.4 Å². The fraction of sp³-hybridized carbons (Fsp3) is 0.684. The molecule has 0 radical (unpaired) electrons. The van der Waals surface area contributed by atoms with Gasteiger partial charge in [0.25, 0.3) is 5.91 Å². The third kappa shape index (κ3) is 3.47. The molecule has 2 aliphatic heterocycles. The number of nitrogens with zero attached hydrogens (tertiary/aromatic N) is 2. The molecule has 0 aromatic carbocycles. The Morgan fingerprint density at radius 1 is 1.24 bits per heavy atom. The first kappa shape index (κ1) is 17.0. The van der Waals surface area contributed by atoms with E-state index in [-0.39, 0.29) is 17.4 Å². The number of ether oxygens (including phenoxy) is 1. The Bertz CT molecular complexity index is 633. The van der Waals surface area contributed by atoms with Crippen LogP contribution in [-0.2, 0) is 9.53 Å². The zero-order valence-electron chi connectivity index (χ0n) is 14.8. The molecule has 1 unspecified atom stereocenters. The van der Waals surface area contributed by atoms with Crippen LogP contribution in [0.4, 0.5) is 0 Å². The molecular formula is C19H26N2O3S. The molecule has 1 saturated carbocycles. The third-order valence-corrected chi connectivity index (χ3v) is 6.72. The summed E-state index contributed by atoms with van der Waals surface area (Å²) in [7, 11) is 0. The van der Waals surface area contributed by atoms with Gasteiger partial charge in [0, 0.05) is 38.7 Å². The maximum absolute atomic E-state index is 12.5. The standard InChI is InChI=1S/C19H26N2O3S/c1-14(22)21(15-4-5-15)16-6-11-24-19(13-16)7-9-20(10-8-19)18(23)17-3-2-12-25-17/h2-3,12,15-16H,4-11,13H2,1H3. The van der Waals surface area contributed by atoms with Crippen LogP contribution in [0.1, 0.15) is 55.1 Å². The topological polar surface area (TPSA) is 49.9 Å². The number of likely N-dealkylation sites (tertiary alicyclic amines) is 1. The molecule has 6 heteroatoms. The molecule has 1 spiro atoms. The summed E-state index contributed by atoms with van der Waals surface area (Å²) in [5.74, 6) is 0.343. The predicted molar refractivity (Wildman–Crippen MR) is 96.7 cm³/mol. The predicted octanol–water partition coefficient (Wildman–Crippen LogP) is 2.91. The molecule has 1 aromatic rings. The van der Waals surface area contributed by atoms with Crippen LogP contribution in [0.25, 0.3) is 0 Å². The maximum atomic E-state index is 12.5. The van der Waals surface area contributed by atoms with Crippen LogP contribution < -0.4 is 0 Å². The number of rotatable bonds is 3. The van der Waals surface area contributed by atoms with Crippen LogP contribution in [0.5, 0.6) is 0 Å². The van der Waals surface area contributed by atoms with Gasteiger partial charge in [0.05, 0.1) is 10.5 Å². The van der Waals surface area contributed by atoms with Gasteiger partial charge in [-0.15, -0.1) is 11.3 Å². The molecule has 0 bridgehead atoms. The van der Waals surface area contributed by atoms with Crippen molar-refractivity contribution in [3.8, 4) is 0 Å². The molecule has 2 saturated heterocycles. The smallest absolute Gasteiger partial charge is 0.263 e. The van der Waals surface area contributed by atoms with Gasteiger partial charge in [-0.3, -0.25) is 9.59 Å². The second-order valence-corrected chi connectivity index (χ2v) is 8.55. The number of amides is 2. The molecule has 1 aromatic heterocycles. The highest BCUT2D eigenvalue weighted by atomic mass is 32.1. The molecule has 3 fully saturated rings. The zero-order chi connectivity index (χ0) is 17.4. The summed E-state index contributed by atoms with van der Waals surface area (Å²) in [5, 5.41) is 1.95. The van der Waals surface area contributed by atoms with Crippen molar-refractivity contribution in [3.05, 3.63) is 22.4 Å². The molecule has 0 N–H and O–H groups in total. The van der Waals surface area contributed by atoms with Gasteiger partial charge >= 0.3 is 0 Å². The molecule has 4 rings (SSSR count). The average molecular weight is 362 g/mol. The van der Waals surface area contributed by atoms with E-state index in [0.717, 1.165) is 63.1 Å². The van der Waals surface area contributed by atoms with E-state index in [9.17, 15) is 9.59 Å². The first-order valence-electron chi connectivity index (χ1n) is 9.34. The fourth-order valence-electron chi connectivity index (χ4n) is 4.43. The van der Waals surface area contributed by atoms with Crippen molar-refractivity contribution in [2.75, 3.05) is 19.7 Å². The number of carbonyl (C=O) groups excluding carboxylic acids is 2. The summed E-state index contributed by atoms with van der Waals surface area (Å²) in [6.07, 6.45) is 5.90. The van der Waals surface area contributed by atoms with Crippen molar-refractivity contribution in [2.45, 2.75) is 63.1 Å². The second kappa shape index (κ2) is 6.72. The minimum Gasteiger partial charge on any atom is -0.375 e. The normalized spacial score (nSPS) is 25.8. The Morgan fingerprint density at radius 2 is 2.00 bits per heavy atom. The van der Waals surface area contributed by atoms with Gasteiger partial charge in [-0.2, -0.15) is 0 Å². The lowest BCUT2D eigenvalue weighted by Crippen LogP contribution is -2.55. The third-order valence-electron chi connectivity index (χ3n) is 5.86. The van der Waals surface area contributed by atoms with Gasteiger partial charge < -0.3 is 14.5 Å². The van der Waals surface area contributed by atoms with Crippen LogP contribution in [-0.4, -0.2) is 59.0 Å². The average Bonchev–Trinajstić information content (AvgIpc) is 3.26. The fourth-order valence-corrected chi connectivity index (χ4v) is 5.12. The van der Waals surface area contributed by atoms with E-state index in [0.29, 0.717) is 12.1 Å². The van der Waals surface area contributed by atoms with Crippen molar-refractivity contribution in [2.24, 2.45) is 0 Å². The summed E-state index contributed by atoms with van der Waals surface area (Å²) in [5.41, 5.74) is -0.155. The Hall–Kier alpha value is -1.40. The van der Waals surface area contributed by atoms with Crippen LogP contribution in [0.3, 0.4) is 0 Å². The van der Waals surface area contributed by atoms with E-state index in [4.69, 9.17) is 4.74 Å². The summed E-state index contributed by atoms with van der Waals surface area (Å²) in [4.78, 5) is 29.5. The Balaban J connectivity index is 1.40. The Morgan fingerprint density at radius 3 is 2.60 bits per heavy atom. The number of thiophene rings is 1. The van der Waals surface area contributed by atoms with Crippen molar-refractivity contribution in [1.29, 1.82) is 0 Å². The van der Waals surface area contributed by atoms with Crippen LogP contribution in [0, 0.1) is 0 Å². The highest BCUT2D eigenvalue weighted by Crippen LogP contribution is 2.40. The highest BCUT2D eigenvalue weighted by molar-refractivity contribution is 7.12. The Kier molecular flexibility index (Phi) is 4.58. The SMILES string of the molecule is CC(=O)N(C1CC1)C1CCOC2(CCN(C(=O)c3cccs3)CC2)C1. The minimum absolute atomic E-state index is 0.139. The van der Waals surface area contributed by atoms with Crippen molar-refractivity contribution < 1.29 is 14.3 Å². The van der Waals surface area contributed by atoms with Crippen molar-refractivity contribution in [1.82, 2.24) is 9.80 Å².